The van der Waals surface area contributed by atoms with Crippen LogP contribution in [0.5, 0.6) is 5.75 Å². The van der Waals surface area contributed by atoms with E-state index in [2.05, 4.69) is 20.8 Å². The van der Waals surface area contributed by atoms with E-state index in [1.54, 1.807) is 37.4 Å². The van der Waals surface area contributed by atoms with Gasteiger partial charge in [-0.2, -0.15) is 0 Å². The summed E-state index contributed by atoms with van der Waals surface area (Å²) in [6.45, 7) is 1.97. The number of benzene rings is 2. The van der Waals surface area contributed by atoms with Gasteiger partial charge in [0.1, 0.15) is 10.8 Å². The van der Waals surface area contributed by atoms with Crippen LogP contribution in [-0.2, 0) is 17.6 Å². The van der Waals surface area contributed by atoms with Crippen LogP contribution in [0.1, 0.15) is 27.9 Å². The molecule has 2 aromatic carbocycles. The minimum absolute atomic E-state index is 0.135. The van der Waals surface area contributed by atoms with Gasteiger partial charge in [-0.15, -0.1) is 10.2 Å². The minimum Gasteiger partial charge on any atom is -0.496 e. The molecule has 3 rings (SSSR count). The number of methoxy groups -OCH3 is 1. The van der Waals surface area contributed by atoms with Gasteiger partial charge in [0.2, 0.25) is 11.0 Å². The van der Waals surface area contributed by atoms with Crippen LogP contribution < -0.4 is 15.4 Å². The highest BCUT2D eigenvalue weighted by molar-refractivity contribution is 7.15. The first-order valence-electron chi connectivity index (χ1n) is 8.75. The van der Waals surface area contributed by atoms with E-state index in [0.717, 1.165) is 17.0 Å². The first-order valence-corrected chi connectivity index (χ1v) is 9.57. The van der Waals surface area contributed by atoms with Crippen LogP contribution >= 0.6 is 11.3 Å². The third kappa shape index (κ3) is 4.72. The van der Waals surface area contributed by atoms with Crippen LogP contribution in [0, 0.1) is 0 Å². The number of hydrogen-bond acceptors (Lipinski definition) is 6. The maximum absolute atomic E-state index is 12.6. The van der Waals surface area contributed by atoms with Gasteiger partial charge >= 0.3 is 0 Å². The Morgan fingerprint density at radius 3 is 2.54 bits per heavy atom. The molecule has 0 aliphatic heterocycles. The van der Waals surface area contributed by atoms with E-state index in [0.29, 0.717) is 22.1 Å². The number of carbonyl (C=O) groups excluding carboxylic acids is 2. The number of amides is 2. The number of rotatable bonds is 7. The Hall–Kier alpha value is -3.26. The molecule has 0 bridgehead atoms. The maximum atomic E-state index is 12.6. The molecule has 0 aliphatic carbocycles. The normalized spacial score (nSPS) is 10.4. The Morgan fingerprint density at radius 2 is 1.79 bits per heavy atom. The van der Waals surface area contributed by atoms with Crippen LogP contribution in [0.4, 0.5) is 10.8 Å². The Labute approximate surface area is 166 Å². The molecule has 28 heavy (non-hydrogen) atoms. The van der Waals surface area contributed by atoms with Crippen LogP contribution in [0.15, 0.2) is 48.5 Å². The summed E-state index contributed by atoms with van der Waals surface area (Å²) in [5.41, 5.74) is 1.55. The summed E-state index contributed by atoms with van der Waals surface area (Å²) in [7, 11) is 1.56. The predicted molar refractivity (Wildman–Crippen MR) is 109 cm³/mol. The van der Waals surface area contributed by atoms with Gasteiger partial charge in [0.15, 0.2) is 0 Å². The van der Waals surface area contributed by atoms with Crippen molar-refractivity contribution in [3.8, 4) is 5.75 Å². The predicted octanol–water partition coefficient (Wildman–Crippen LogP) is 3.54. The summed E-state index contributed by atoms with van der Waals surface area (Å²) in [6.07, 6.45) is 0.888. The molecule has 0 unspecified atom stereocenters. The molecule has 8 heteroatoms. The van der Waals surface area contributed by atoms with E-state index in [-0.39, 0.29) is 18.2 Å². The fourth-order valence-corrected chi connectivity index (χ4v) is 3.29. The quantitative estimate of drug-likeness (QED) is 0.637. The number of nitrogens with one attached hydrogen (secondary N) is 2. The van der Waals surface area contributed by atoms with Gasteiger partial charge < -0.3 is 10.1 Å². The molecular formula is C20H20N4O3S. The SMILES string of the molecule is CCc1nnc(NC(=O)c2ccccc2NC(=O)Cc2ccccc2OC)s1. The fourth-order valence-electron chi connectivity index (χ4n) is 2.62. The highest BCUT2D eigenvalue weighted by Crippen LogP contribution is 2.22. The van der Waals surface area contributed by atoms with Crippen molar-refractivity contribution in [1.82, 2.24) is 10.2 Å². The van der Waals surface area contributed by atoms with Gasteiger partial charge in [-0.05, 0) is 24.6 Å². The van der Waals surface area contributed by atoms with Crippen molar-refractivity contribution in [2.45, 2.75) is 19.8 Å². The summed E-state index contributed by atoms with van der Waals surface area (Å²) in [5, 5.41) is 14.7. The zero-order chi connectivity index (χ0) is 19.9. The van der Waals surface area contributed by atoms with Crippen LogP contribution in [0.25, 0.3) is 0 Å². The topological polar surface area (TPSA) is 93.2 Å². The summed E-state index contributed by atoms with van der Waals surface area (Å²) < 4.78 is 5.28. The molecule has 0 fully saturated rings. The highest BCUT2D eigenvalue weighted by atomic mass is 32.1. The largest absolute Gasteiger partial charge is 0.496 e. The van der Waals surface area contributed by atoms with Gasteiger partial charge in [-0.3, -0.25) is 14.9 Å². The lowest BCUT2D eigenvalue weighted by atomic mass is 10.1. The molecule has 0 atom stereocenters. The monoisotopic (exact) mass is 396 g/mol. The van der Waals surface area contributed by atoms with Gasteiger partial charge in [-0.1, -0.05) is 48.6 Å². The second-order valence-electron chi connectivity index (χ2n) is 5.89. The van der Waals surface area contributed by atoms with Crippen molar-refractivity contribution in [3.05, 3.63) is 64.7 Å². The first kappa shape index (κ1) is 19.5. The number of aryl methyl sites for hydroxylation is 1. The van der Waals surface area contributed by atoms with Crippen molar-refractivity contribution in [2.24, 2.45) is 0 Å². The molecular weight excluding hydrogens is 376 g/mol. The van der Waals surface area contributed by atoms with E-state index >= 15 is 0 Å². The average molecular weight is 396 g/mol. The molecule has 0 saturated carbocycles. The molecule has 1 aromatic heterocycles. The van der Waals surface area contributed by atoms with Crippen molar-refractivity contribution >= 4 is 34.0 Å². The summed E-state index contributed by atoms with van der Waals surface area (Å²) in [5.74, 6) is 0.0487. The Morgan fingerprint density at radius 1 is 1.04 bits per heavy atom. The van der Waals surface area contributed by atoms with Crippen LogP contribution in [-0.4, -0.2) is 29.1 Å². The van der Waals surface area contributed by atoms with E-state index in [9.17, 15) is 9.59 Å². The zero-order valence-corrected chi connectivity index (χ0v) is 16.4. The standard InChI is InChI=1S/C20H20N4O3S/c1-3-18-23-24-20(28-18)22-19(26)14-9-5-6-10-15(14)21-17(25)12-13-8-4-7-11-16(13)27-2/h4-11H,3,12H2,1-2H3,(H,21,25)(H,22,24,26). The lowest BCUT2D eigenvalue weighted by Gasteiger charge is -2.12. The number of para-hydroxylation sites is 2. The Balaban J connectivity index is 1.72. The molecule has 7 nitrogen and oxygen atoms in total. The molecule has 2 N–H and O–H groups in total. The van der Waals surface area contributed by atoms with Crippen LogP contribution in [0.2, 0.25) is 0 Å². The van der Waals surface area contributed by atoms with Gasteiger partial charge in [0, 0.05) is 5.56 Å². The average Bonchev–Trinajstić information content (AvgIpc) is 3.16. The lowest BCUT2D eigenvalue weighted by Crippen LogP contribution is -2.19. The van der Waals surface area contributed by atoms with Crippen LogP contribution in [0.3, 0.4) is 0 Å². The lowest BCUT2D eigenvalue weighted by molar-refractivity contribution is -0.115. The molecule has 1 heterocycles. The number of ether oxygens (including phenoxy) is 1. The zero-order valence-electron chi connectivity index (χ0n) is 15.6. The number of hydrogen-bond donors (Lipinski definition) is 2. The Kier molecular flexibility index (Phi) is 6.33. The van der Waals surface area contributed by atoms with Gasteiger partial charge in [0.05, 0.1) is 24.8 Å². The molecule has 144 valence electrons. The Bertz CT molecular complexity index is 987. The van der Waals surface area contributed by atoms with E-state index in [4.69, 9.17) is 4.74 Å². The van der Waals surface area contributed by atoms with Crippen molar-refractivity contribution < 1.29 is 14.3 Å². The molecule has 3 aromatic rings. The van der Waals surface area contributed by atoms with Gasteiger partial charge in [0.25, 0.3) is 5.91 Å². The van der Waals surface area contributed by atoms with Gasteiger partial charge in [-0.25, -0.2) is 0 Å². The van der Waals surface area contributed by atoms with Crippen molar-refractivity contribution in [1.29, 1.82) is 0 Å². The van der Waals surface area contributed by atoms with E-state index < -0.39 is 0 Å². The van der Waals surface area contributed by atoms with Crippen molar-refractivity contribution in [3.63, 3.8) is 0 Å². The highest BCUT2D eigenvalue weighted by Gasteiger charge is 2.16. The molecule has 2 amide bonds. The first-order chi connectivity index (χ1) is 13.6. The number of nitrogens with zero attached hydrogens (tertiary/aromatic N) is 2. The maximum Gasteiger partial charge on any atom is 0.259 e. The molecule has 0 saturated heterocycles. The summed E-state index contributed by atoms with van der Waals surface area (Å²) in [4.78, 5) is 25.1. The number of anilines is 2. The van der Waals surface area contributed by atoms with E-state index in [1.807, 2.05) is 25.1 Å². The molecule has 0 aliphatic rings. The second-order valence-corrected chi connectivity index (χ2v) is 6.95. The van der Waals surface area contributed by atoms with Crippen molar-refractivity contribution in [2.75, 3.05) is 17.7 Å². The van der Waals surface area contributed by atoms with E-state index in [1.165, 1.54) is 11.3 Å². The number of carbonyl (C=O) groups is 2. The molecule has 0 radical (unpaired) electrons. The number of aromatic nitrogens is 2. The minimum atomic E-state index is -0.355. The summed E-state index contributed by atoms with van der Waals surface area (Å²) >= 11 is 1.33. The third-order valence-electron chi connectivity index (χ3n) is 3.98. The fraction of sp³-hybridized carbons (Fsp3) is 0.200. The third-order valence-corrected chi connectivity index (χ3v) is 4.96. The second kappa shape index (κ2) is 9.09. The smallest absolute Gasteiger partial charge is 0.259 e. The summed E-state index contributed by atoms with van der Waals surface area (Å²) in [6, 6.07) is 14.2. The molecule has 0 spiro atoms.